The highest BCUT2D eigenvalue weighted by Crippen LogP contribution is 1.88. The van der Waals surface area contributed by atoms with E-state index in [1.54, 1.807) is 12.3 Å². The SMILES string of the molecule is C=C.C=CC=NCC.CCCCC. The molecule has 78 valence electrons. The Morgan fingerprint density at radius 3 is 1.62 bits per heavy atom. The molecular weight excluding hydrogens is 158 g/mol. The van der Waals surface area contributed by atoms with Crippen molar-refractivity contribution in [3.63, 3.8) is 0 Å². The minimum atomic E-state index is 0.853. The maximum Gasteiger partial charge on any atom is 0.0360 e. The Hall–Kier alpha value is -0.850. The van der Waals surface area contributed by atoms with Gasteiger partial charge in [-0.2, -0.15) is 0 Å². The van der Waals surface area contributed by atoms with Crippen LogP contribution >= 0.6 is 0 Å². The average Bonchev–Trinajstić information content (AvgIpc) is 2.20. The van der Waals surface area contributed by atoms with E-state index in [4.69, 9.17) is 0 Å². The van der Waals surface area contributed by atoms with Crippen LogP contribution in [-0.4, -0.2) is 12.8 Å². The summed E-state index contributed by atoms with van der Waals surface area (Å²) in [7, 11) is 0. The highest BCUT2D eigenvalue weighted by atomic mass is 14.7. The molecule has 0 aliphatic rings. The molecule has 0 heterocycles. The summed E-state index contributed by atoms with van der Waals surface area (Å²) < 4.78 is 0. The third-order valence-corrected chi connectivity index (χ3v) is 1.10. The fourth-order valence-electron chi connectivity index (χ4n) is 0.533. The molecule has 13 heavy (non-hydrogen) atoms. The zero-order chi connectivity index (χ0) is 10.9. The number of nitrogens with zero attached hydrogens (tertiary/aromatic N) is 1. The molecule has 0 aromatic heterocycles. The molecule has 1 nitrogen and oxygen atoms in total. The van der Waals surface area contributed by atoms with Gasteiger partial charge in [0.25, 0.3) is 0 Å². The number of rotatable bonds is 4. The van der Waals surface area contributed by atoms with Crippen molar-refractivity contribution < 1.29 is 0 Å². The maximum atomic E-state index is 3.85. The summed E-state index contributed by atoms with van der Waals surface area (Å²) in [5, 5.41) is 0. The van der Waals surface area contributed by atoms with E-state index in [0.29, 0.717) is 0 Å². The van der Waals surface area contributed by atoms with Gasteiger partial charge >= 0.3 is 0 Å². The summed E-state index contributed by atoms with van der Waals surface area (Å²) in [5.74, 6) is 0. The van der Waals surface area contributed by atoms with Crippen LogP contribution in [0.2, 0.25) is 0 Å². The first-order valence-electron chi connectivity index (χ1n) is 4.94. The molecule has 0 atom stereocenters. The van der Waals surface area contributed by atoms with Gasteiger partial charge in [-0.1, -0.05) is 45.8 Å². The van der Waals surface area contributed by atoms with Crippen molar-refractivity contribution >= 4 is 6.21 Å². The summed E-state index contributed by atoms with van der Waals surface area (Å²) >= 11 is 0. The minimum Gasteiger partial charge on any atom is -0.293 e. The quantitative estimate of drug-likeness (QED) is 0.456. The summed E-state index contributed by atoms with van der Waals surface area (Å²) in [6, 6.07) is 0. The molecule has 0 saturated carbocycles. The zero-order valence-electron chi connectivity index (χ0n) is 9.55. The molecule has 0 bridgehead atoms. The van der Waals surface area contributed by atoms with Crippen molar-refractivity contribution in [2.24, 2.45) is 4.99 Å². The Bertz CT molecular complexity index is 93.3. The van der Waals surface area contributed by atoms with Crippen LogP contribution in [0.15, 0.2) is 30.8 Å². The normalized spacial score (nSPS) is 7.92. The van der Waals surface area contributed by atoms with Crippen molar-refractivity contribution in [2.75, 3.05) is 6.54 Å². The average molecular weight is 183 g/mol. The van der Waals surface area contributed by atoms with Crippen molar-refractivity contribution in [2.45, 2.75) is 40.0 Å². The second-order valence-electron chi connectivity index (χ2n) is 2.24. The van der Waals surface area contributed by atoms with Gasteiger partial charge in [-0.15, -0.1) is 13.2 Å². The van der Waals surface area contributed by atoms with E-state index >= 15 is 0 Å². The van der Waals surface area contributed by atoms with Gasteiger partial charge < -0.3 is 0 Å². The fraction of sp³-hybridized carbons (Fsp3) is 0.583. The van der Waals surface area contributed by atoms with Crippen LogP contribution in [0.4, 0.5) is 0 Å². The number of aliphatic imine (C=N–C) groups is 1. The number of hydrogen-bond donors (Lipinski definition) is 0. The number of allylic oxidation sites excluding steroid dienone is 1. The Kier molecular flexibility index (Phi) is 42.1. The van der Waals surface area contributed by atoms with Gasteiger partial charge in [-0.25, -0.2) is 0 Å². The second kappa shape index (κ2) is 30.4. The lowest BCUT2D eigenvalue weighted by Crippen LogP contribution is -1.65. The number of unbranched alkanes of at least 4 members (excludes halogenated alkanes) is 2. The van der Waals surface area contributed by atoms with Gasteiger partial charge in [0.1, 0.15) is 0 Å². The summed E-state index contributed by atoms with van der Waals surface area (Å²) in [4.78, 5) is 3.85. The van der Waals surface area contributed by atoms with E-state index in [2.05, 4.69) is 38.6 Å². The van der Waals surface area contributed by atoms with E-state index in [1.807, 2.05) is 6.92 Å². The molecule has 1 heteroatoms. The zero-order valence-corrected chi connectivity index (χ0v) is 9.55. The Morgan fingerprint density at radius 1 is 1.08 bits per heavy atom. The monoisotopic (exact) mass is 183 g/mol. The molecule has 0 aliphatic carbocycles. The van der Waals surface area contributed by atoms with E-state index in [1.165, 1.54) is 19.3 Å². The van der Waals surface area contributed by atoms with Crippen LogP contribution < -0.4 is 0 Å². The van der Waals surface area contributed by atoms with E-state index in [0.717, 1.165) is 6.54 Å². The van der Waals surface area contributed by atoms with Crippen molar-refractivity contribution in [1.82, 2.24) is 0 Å². The fourth-order valence-corrected chi connectivity index (χ4v) is 0.533. The third kappa shape index (κ3) is 54.2. The van der Waals surface area contributed by atoms with Crippen LogP contribution in [0.3, 0.4) is 0 Å². The standard InChI is InChI=1S/C5H9N.C5H12.C2H4/c1-3-5-6-4-2;1-3-5-4-2;1-2/h3,5H,1,4H2,2H3;3-5H2,1-2H3;1-2H2. The van der Waals surface area contributed by atoms with Crippen molar-refractivity contribution in [3.05, 3.63) is 25.8 Å². The summed E-state index contributed by atoms with van der Waals surface area (Å²) in [6.07, 6.45) is 7.44. The Balaban J connectivity index is -0.000000131. The minimum absolute atomic E-state index is 0.853. The lowest BCUT2D eigenvalue weighted by Gasteiger charge is -1.79. The lowest BCUT2D eigenvalue weighted by atomic mass is 10.3. The molecule has 0 amide bonds. The smallest absolute Gasteiger partial charge is 0.0360 e. The third-order valence-electron chi connectivity index (χ3n) is 1.10. The van der Waals surface area contributed by atoms with E-state index < -0.39 is 0 Å². The molecule has 0 aromatic rings. The first-order valence-corrected chi connectivity index (χ1v) is 4.94. The van der Waals surface area contributed by atoms with Crippen molar-refractivity contribution in [3.8, 4) is 0 Å². The largest absolute Gasteiger partial charge is 0.293 e. The molecule has 0 aromatic carbocycles. The van der Waals surface area contributed by atoms with Crippen LogP contribution in [0.1, 0.15) is 40.0 Å². The first-order chi connectivity index (χ1) is 6.33. The second-order valence-corrected chi connectivity index (χ2v) is 2.24. The predicted octanol–water partition coefficient (Wildman–Crippen LogP) is 4.26. The van der Waals surface area contributed by atoms with Gasteiger partial charge in [0, 0.05) is 12.8 Å². The molecule has 0 aliphatic heterocycles. The van der Waals surface area contributed by atoms with Gasteiger partial charge in [0.05, 0.1) is 0 Å². The predicted molar refractivity (Wildman–Crippen MR) is 65.7 cm³/mol. The van der Waals surface area contributed by atoms with Gasteiger partial charge in [-0.05, 0) is 6.92 Å². The van der Waals surface area contributed by atoms with E-state index in [-0.39, 0.29) is 0 Å². The van der Waals surface area contributed by atoms with Crippen LogP contribution in [-0.2, 0) is 0 Å². The maximum absolute atomic E-state index is 3.85. The highest BCUT2D eigenvalue weighted by Gasteiger charge is 1.68. The van der Waals surface area contributed by atoms with Gasteiger partial charge in [-0.3, -0.25) is 4.99 Å². The summed E-state index contributed by atoms with van der Waals surface area (Å²) in [6.45, 7) is 16.7. The van der Waals surface area contributed by atoms with E-state index in [9.17, 15) is 0 Å². The van der Waals surface area contributed by atoms with Crippen molar-refractivity contribution in [1.29, 1.82) is 0 Å². The molecule has 0 fully saturated rings. The molecule has 0 unspecified atom stereocenters. The molecule has 0 radical (unpaired) electrons. The molecule has 0 rings (SSSR count). The molecule has 0 spiro atoms. The van der Waals surface area contributed by atoms with Crippen LogP contribution in [0.5, 0.6) is 0 Å². The Morgan fingerprint density at radius 2 is 1.54 bits per heavy atom. The molecular formula is C12H25N. The lowest BCUT2D eigenvalue weighted by molar-refractivity contribution is 0.772. The summed E-state index contributed by atoms with van der Waals surface area (Å²) in [5.41, 5.74) is 0. The topological polar surface area (TPSA) is 12.4 Å². The molecule has 0 N–H and O–H groups in total. The van der Waals surface area contributed by atoms with Crippen LogP contribution in [0.25, 0.3) is 0 Å². The van der Waals surface area contributed by atoms with Gasteiger partial charge in [0.2, 0.25) is 0 Å². The van der Waals surface area contributed by atoms with Crippen LogP contribution in [0, 0.1) is 0 Å². The molecule has 0 saturated heterocycles. The first kappa shape index (κ1) is 18.0. The highest BCUT2D eigenvalue weighted by molar-refractivity contribution is 5.69. The van der Waals surface area contributed by atoms with Gasteiger partial charge in [0.15, 0.2) is 0 Å². The number of hydrogen-bond acceptors (Lipinski definition) is 1. The Labute approximate surface area is 84.3 Å².